The molecule has 0 saturated heterocycles. The van der Waals surface area contributed by atoms with Gasteiger partial charge in [-0.2, -0.15) is 0 Å². The Labute approximate surface area is 103 Å². The summed E-state index contributed by atoms with van der Waals surface area (Å²) in [7, 11) is 1.32. The summed E-state index contributed by atoms with van der Waals surface area (Å²) in [5.41, 5.74) is 0.804. The Balaban J connectivity index is 2.06. The molecule has 7 heteroatoms. The van der Waals surface area contributed by atoms with E-state index in [9.17, 15) is 4.79 Å². The molecule has 0 saturated carbocycles. The van der Waals surface area contributed by atoms with Crippen LogP contribution in [0.2, 0.25) is 0 Å². The Hall–Kier alpha value is -2.44. The third-order valence-corrected chi connectivity index (χ3v) is 2.30. The van der Waals surface area contributed by atoms with Crippen molar-refractivity contribution in [2.75, 3.05) is 7.11 Å². The van der Waals surface area contributed by atoms with Crippen molar-refractivity contribution in [3.63, 3.8) is 0 Å². The van der Waals surface area contributed by atoms with Gasteiger partial charge >= 0.3 is 5.97 Å². The second kappa shape index (κ2) is 5.26. The number of hydrogen-bond donors (Lipinski definition) is 0. The highest BCUT2D eigenvalue weighted by atomic mass is 16.6. The van der Waals surface area contributed by atoms with Crippen LogP contribution in [0, 0.1) is 0 Å². The average molecular weight is 248 g/mol. The monoisotopic (exact) mass is 248 g/mol. The SMILES string of the molecule is COC(=O)[C@H](C)Oc1ccc(-n2cnnn2)cc1. The van der Waals surface area contributed by atoms with E-state index < -0.39 is 12.1 Å². The summed E-state index contributed by atoms with van der Waals surface area (Å²) in [6, 6.07) is 7.04. The Bertz CT molecular complexity index is 510. The number of methoxy groups -OCH3 is 1. The summed E-state index contributed by atoms with van der Waals surface area (Å²) < 4.78 is 11.5. The average Bonchev–Trinajstić information content (AvgIpc) is 2.92. The topological polar surface area (TPSA) is 79.1 Å². The number of tetrazole rings is 1. The van der Waals surface area contributed by atoms with Gasteiger partial charge in [-0.3, -0.25) is 0 Å². The van der Waals surface area contributed by atoms with Crippen LogP contribution < -0.4 is 4.74 Å². The number of esters is 1. The van der Waals surface area contributed by atoms with E-state index in [1.807, 2.05) is 0 Å². The van der Waals surface area contributed by atoms with Crippen LogP contribution in [0.5, 0.6) is 5.75 Å². The second-order valence-corrected chi connectivity index (χ2v) is 3.53. The summed E-state index contributed by atoms with van der Waals surface area (Å²) >= 11 is 0. The van der Waals surface area contributed by atoms with Crippen molar-refractivity contribution in [2.45, 2.75) is 13.0 Å². The summed E-state index contributed by atoms with van der Waals surface area (Å²) in [4.78, 5) is 11.2. The van der Waals surface area contributed by atoms with Crippen molar-refractivity contribution in [2.24, 2.45) is 0 Å². The van der Waals surface area contributed by atoms with Gasteiger partial charge in [-0.15, -0.1) is 5.10 Å². The molecular weight excluding hydrogens is 236 g/mol. The highest BCUT2D eigenvalue weighted by Crippen LogP contribution is 2.15. The van der Waals surface area contributed by atoms with E-state index in [2.05, 4.69) is 20.3 Å². The zero-order chi connectivity index (χ0) is 13.0. The molecule has 0 unspecified atom stereocenters. The van der Waals surface area contributed by atoms with Gasteiger partial charge in [0.1, 0.15) is 12.1 Å². The number of nitrogens with zero attached hydrogens (tertiary/aromatic N) is 4. The lowest BCUT2D eigenvalue weighted by atomic mass is 10.3. The van der Waals surface area contributed by atoms with Crippen LogP contribution >= 0.6 is 0 Å². The molecule has 7 nitrogen and oxygen atoms in total. The Morgan fingerprint density at radius 3 is 2.61 bits per heavy atom. The summed E-state index contributed by atoms with van der Waals surface area (Å²) in [6.45, 7) is 1.63. The number of carbonyl (C=O) groups excluding carboxylic acids is 1. The van der Waals surface area contributed by atoms with Crippen LogP contribution in [0.15, 0.2) is 30.6 Å². The van der Waals surface area contributed by atoms with Crippen LogP contribution in [0.3, 0.4) is 0 Å². The van der Waals surface area contributed by atoms with Gasteiger partial charge in [-0.05, 0) is 41.6 Å². The van der Waals surface area contributed by atoms with Crippen LogP contribution in [0.4, 0.5) is 0 Å². The molecule has 0 aliphatic carbocycles. The van der Waals surface area contributed by atoms with E-state index in [4.69, 9.17) is 4.74 Å². The second-order valence-electron chi connectivity index (χ2n) is 3.53. The van der Waals surface area contributed by atoms with Crippen molar-refractivity contribution >= 4 is 5.97 Å². The van der Waals surface area contributed by atoms with E-state index in [1.54, 1.807) is 31.2 Å². The summed E-state index contributed by atoms with van der Waals surface area (Å²) in [5.74, 6) is 0.157. The van der Waals surface area contributed by atoms with Crippen molar-refractivity contribution in [1.29, 1.82) is 0 Å². The van der Waals surface area contributed by atoms with Gasteiger partial charge in [0.05, 0.1) is 12.8 Å². The standard InChI is InChI=1S/C11H12N4O3/c1-8(11(16)17-2)18-10-5-3-9(4-6-10)15-7-12-13-14-15/h3-8H,1-2H3/t8-/m0/s1. The molecule has 2 rings (SSSR count). The molecule has 1 heterocycles. The molecule has 0 fully saturated rings. The number of ether oxygens (including phenoxy) is 2. The molecule has 1 aromatic heterocycles. The third-order valence-electron chi connectivity index (χ3n) is 2.30. The van der Waals surface area contributed by atoms with E-state index in [1.165, 1.54) is 18.1 Å². The molecule has 1 atom stereocenters. The highest BCUT2D eigenvalue weighted by molar-refractivity contribution is 5.74. The van der Waals surface area contributed by atoms with Gasteiger partial charge in [-0.1, -0.05) is 0 Å². The minimum atomic E-state index is -0.645. The smallest absolute Gasteiger partial charge is 0.346 e. The number of carbonyl (C=O) groups is 1. The molecule has 0 N–H and O–H groups in total. The molecule has 0 spiro atoms. The van der Waals surface area contributed by atoms with Crippen LogP contribution in [-0.2, 0) is 9.53 Å². The van der Waals surface area contributed by atoms with Crippen molar-refractivity contribution in [1.82, 2.24) is 20.2 Å². The maximum atomic E-state index is 11.2. The fraction of sp³-hybridized carbons (Fsp3) is 0.273. The van der Waals surface area contributed by atoms with Crippen LogP contribution in [-0.4, -0.2) is 39.4 Å². The molecule has 18 heavy (non-hydrogen) atoms. The first-order valence-electron chi connectivity index (χ1n) is 5.28. The first-order chi connectivity index (χ1) is 8.70. The highest BCUT2D eigenvalue weighted by Gasteiger charge is 2.14. The van der Waals surface area contributed by atoms with Crippen molar-refractivity contribution in [3.8, 4) is 11.4 Å². The van der Waals surface area contributed by atoms with Gasteiger partial charge in [0, 0.05) is 0 Å². The molecule has 0 aliphatic rings. The molecule has 0 radical (unpaired) electrons. The zero-order valence-corrected chi connectivity index (χ0v) is 9.98. The predicted molar refractivity (Wildman–Crippen MR) is 61.3 cm³/mol. The maximum Gasteiger partial charge on any atom is 0.346 e. The molecule has 0 aliphatic heterocycles. The lowest BCUT2D eigenvalue weighted by Crippen LogP contribution is -2.24. The van der Waals surface area contributed by atoms with Gasteiger partial charge in [-0.25, -0.2) is 9.48 Å². The Morgan fingerprint density at radius 1 is 1.33 bits per heavy atom. The fourth-order valence-corrected chi connectivity index (χ4v) is 1.38. The fourth-order valence-electron chi connectivity index (χ4n) is 1.38. The quantitative estimate of drug-likeness (QED) is 0.737. The summed E-state index contributed by atoms with van der Waals surface area (Å²) in [6.07, 6.45) is 0.848. The maximum absolute atomic E-state index is 11.2. The van der Waals surface area contributed by atoms with E-state index >= 15 is 0 Å². The molecular formula is C11H12N4O3. The van der Waals surface area contributed by atoms with Gasteiger partial charge in [0.2, 0.25) is 0 Å². The minimum absolute atomic E-state index is 0.417. The first kappa shape index (κ1) is 12.0. The molecule has 0 amide bonds. The zero-order valence-electron chi connectivity index (χ0n) is 9.98. The number of rotatable bonds is 4. The van der Waals surface area contributed by atoms with E-state index in [0.29, 0.717) is 5.75 Å². The van der Waals surface area contributed by atoms with Gasteiger partial charge < -0.3 is 9.47 Å². The Morgan fingerprint density at radius 2 is 2.06 bits per heavy atom. The lowest BCUT2D eigenvalue weighted by Gasteiger charge is -2.12. The lowest BCUT2D eigenvalue weighted by molar-refractivity contribution is -0.147. The van der Waals surface area contributed by atoms with Gasteiger partial charge in [0.25, 0.3) is 0 Å². The predicted octanol–water partition coefficient (Wildman–Crippen LogP) is 0.603. The number of hydrogen-bond acceptors (Lipinski definition) is 6. The first-order valence-corrected chi connectivity index (χ1v) is 5.28. The normalized spacial score (nSPS) is 11.9. The summed E-state index contributed by atoms with van der Waals surface area (Å²) in [5, 5.41) is 10.8. The number of aromatic nitrogens is 4. The Kier molecular flexibility index (Phi) is 3.52. The molecule has 2 aromatic rings. The van der Waals surface area contributed by atoms with E-state index in [0.717, 1.165) is 5.69 Å². The van der Waals surface area contributed by atoms with Crippen LogP contribution in [0.25, 0.3) is 5.69 Å². The molecule has 1 aromatic carbocycles. The van der Waals surface area contributed by atoms with Crippen molar-refractivity contribution < 1.29 is 14.3 Å². The number of benzene rings is 1. The van der Waals surface area contributed by atoms with Crippen molar-refractivity contribution in [3.05, 3.63) is 30.6 Å². The third kappa shape index (κ3) is 2.62. The molecule has 94 valence electrons. The van der Waals surface area contributed by atoms with Crippen LogP contribution in [0.1, 0.15) is 6.92 Å². The largest absolute Gasteiger partial charge is 0.479 e. The van der Waals surface area contributed by atoms with Gasteiger partial charge in [0.15, 0.2) is 6.10 Å². The molecule has 0 bridgehead atoms. The minimum Gasteiger partial charge on any atom is -0.479 e. The van der Waals surface area contributed by atoms with E-state index in [-0.39, 0.29) is 0 Å².